The number of nitrogens with two attached hydrogens (primary N) is 2. The molecule has 0 aromatic heterocycles. The van der Waals surface area contributed by atoms with Crippen molar-refractivity contribution in [3.63, 3.8) is 0 Å². The third-order valence-corrected chi connectivity index (χ3v) is 5.89. The molecule has 28 heavy (non-hydrogen) atoms. The van der Waals surface area contributed by atoms with Gasteiger partial charge >= 0.3 is 0 Å². The van der Waals surface area contributed by atoms with Crippen LogP contribution in [0.5, 0.6) is 0 Å². The molecular weight excluding hydrogens is 374 g/mol. The predicted molar refractivity (Wildman–Crippen MR) is 115 cm³/mol. The summed E-state index contributed by atoms with van der Waals surface area (Å²) in [4.78, 5) is 16.1. The third kappa shape index (κ3) is 5.97. The van der Waals surface area contributed by atoms with Gasteiger partial charge in [-0.2, -0.15) is 0 Å². The Balaban J connectivity index is 1.54. The zero-order valence-corrected chi connectivity index (χ0v) is 17.1. The summed E-state index contributed by atoms with van der Waals surface area (Å²) in [7, 11) is 0. The van der Waals surface area contributed by atoms with Crippen LogP contribution in [0.3, 0.4) is 0 Å². The molecule has 0 bridgehead atoms. The van der Waals surface area contributed by atoms with Crippen molar-refractivity contribution in [2.45, 2.75) is 63.6 Å². The molecule has 3 rings (SSSR count). The van der Waals surface area contributed by atoms with Crippen LogP contribution in [0.1, 0.15) is 45.4 Å². The lowest BCUT2D eigenvalue weighted by Gasteiger charge is -2.31. The van der Waals surface area contributed by atoms with Crippen LogP contribution >= 0.6 is 11.6 Å². The number of benzene rings is 1. The molecule has 1 aromatic carbocycles. The van der Waals surface area contributed by atoms with Crippen LogP contribution in [0.4, 0.5) is 5.69 Å². The minimum absolute atomic E-state index is 0.0935. The highest BCUT2D eigenvalue weighted by Gasteiger charge is 2.30. The maximum absolute atomic E-state index is 11.8. The fourth-order valence-corrected chi connectivity index (χ4v) is 3.84. The number of carbonyl (C=O) groups is 1. The Morgan fingerprint density at radius 3 is 2.29 bits per heavy atom. The summed E-state index contributed by atoms with van der Waals surface area (Å²) < 4.78 is 0. The largest absolute Gasteiger partial charge is 0.387 e. The monoisotopic (exact) mass is 403 g/mol. The van der Waals surface area contributed by atoms with Crippen molar-refractivity contribution in [1.82, 2.24) is 10.6 Å². The topological polar surface area (TPSA) is 106 Å². The maximum Gasteiger partial charge on any atom is 0.253 e. The number of nitrogens with zero attached hydrogens (tertiary/aromatic N) is 1. The van der Waals surface area contributed by atoms with E-state index in [1.54, 1.807) is 30.5 Å². The Hall–Kier alpha value is -2.05. The van der Waals surface area contributed by atoms with E-state index in [0.29, 0.717) is 28.8 Å². The molecule has 2 saturated carbocycles. The molecule has 2 aliphatic rings. The molecule has 1 amide bonds. The van der Waals surface area contributed by atoms with E-state index >= 15 is 0 Å². The molecule has 6 N–H and O–H groups in total. The summed E-state index contributed by atoms with van der Waals surface area (Å²) in [5, 5.41) is 7.70. The molecule has 0 radical (unpaired) electrons. The van der Waals surface area contributed by atoms with Crippen LogP contribution < -0.4 is 22.1 Å². The first-order chi connectivity index (χ1) is 13.4. The molecule has 0 heterocycles. The van der Waals surface area contributed by atoms with Gasteiger partial charge in [-0.25, -0.2) is 4.99 Å². The molecule has 0 aliphatic heterocycles. The van der Waals surface area contributed by atoms with Gasteiger partial charge in [-0.1, -0.05) is 11.6 Å². The van der Waals surface area contributed by atoms with Crippen LogP contribution in [-0.2, 0) is 4.79 Å². The van der Waals surface area contributed by atoms with E-state index in [9.17, 15) is 4.79 Å². The van der Waals surface area contributed by atoms with Gasteiger partial charge < -0.3 is 22.1 Å². The van der Waals surface area contributed by atoms with Crippen LogP contribution in [0.25, 0.3) is 0 Å². The molecule has 152 valence electrons. The number of halogens is 1. The molecule has 0 spiro atoms. The fourth-order valence-electron chi connectivity index (χ4n) is 3.72. The van der Waals surface area contributed by atoms with Crippen LogP contribution in [0, 0.1) is 5.92 Å². The van der Waals surface area contributed by atoms with Gasteiger partial charge in [0.25, 0.3) is 5.91 Å². The normalized spacial score (nSPS) is 24.6. The Labute approximate surface area is 171 Å². The lowest BCUT2D eigenvalue weighted by molar-refractivity contribution is -0.114. The van der Waals surface area contributed by atoms with Crippen molar-refractivity contribution in [1.29, 1.82) is 0 Å². The van der Waals surface area contributed by atoms with Crippen molar-refractivity contribution in [3.8, 4) is 0 Å². The summed E-state index contributed by atoms with van der Waals surface area (Å²) in [6.45, 7) is 2.30. The average molecular weight is 404 g/mol. The number of rotatable bonds is 8. The number of hydrogen-bond acceptors (Lipinski definition) is 4. The summed E-state index contributed by atoms with van der Waals surface area (Å²) in [6.07, 6.45) is 8.70. The van der Waals surface area contributed by atoms with Gasteiger partial charge in [-0.3, -0.25) is 4.79 Å². The molecule has 1 aromatic rings. The molecule has 6 nitrogen and oxygen atoms in total. The summed E-state index contributed by atoms with van der Waals surface area (Å²) in [5.74, 6) is 0.368. The van der Waals surface area contributed by atoms with Crippen molar-refractivity contribution in [2.75, 3.05) is 0 Å². The highest BCUT2D eigenvalue weighted by Crippen LogP contribution is 2.33. The van der Waals surface area contributed by atoms with E-state index in [0.717, 1.165) is 31.6 Å². The standard InChI is InChI=1S/C21H30ClN5O/c1-13(14-2-3-14)26-17-10-8-16(9-11-17)25-12-19(21(24)28)20(23)27-18-6-4-15(22)5-7-18/h4-7,12-14,16-17,25-26H,2-3,8-11H2,1H3,(H2,23,27)(H2,24,28)/b19-12+/t13-,16?,17?/m0/s1. The van der Waals surface area contributed by atoms with E-state index in [4.69, 9.17) is 23.1 Å². The van der Waals surface area contributed by atoms with Crippen LogP contribution in [0.15, 0.2) is 41.0 Å². The number of primary amides is 1. The zero-order chi connectivity index (χ0) is 20.1. The van der Waals surface area contributed by atoms with Gasteiger partial charge in [-0.15, -0.1) is 0 Å². The predicted octanol–water partition coefficient (Wildman–Crippen LogP) is 2.99. The highest BCUT2D eigenvalue weighted by molar-refractivity contribution is 6.30. The first-order valence-corrected chi connectivity index (χ1v) is 10.4. The van der Waals surface area contributed by atoms with E-state index < -0.39 is 5.91 Å². The first-order valence-electron chi connectivity index (χ1n) is 10.0. The Morgan fingerprint density at radius 2 is 1.71 bits per heavy atom. The minimum Gasteiger partial charge on any atom is -0.387 e. The molecule has 1 atom stereocenters. The quantitative estimate of drug-likeness (QED) is 0.304. The number of aliphatic imine (C=N–C) groups is 1. The van der Waals surface area contributed by atoms with Crippen molar-refractivity contribution in [2.24, 2.45) is 22.4 Å². The maximum atomic E-state index is 11.8. The first kappa shape index (κ1) is 20.7. The summed E-state index contributed by atoms with van der Waals surface area (Å²) >= 11 is 5.87. The Bertz CT molecular complexity index is 734. The van der Waals surface area contributed by atoms with Gasteiger partial charge in [0, 0.05) is 29.3 Å². The lowest BCUT2D eigenvalue weighted by Crippen LogP contribution is -2.43. The third-order valence-electron chi connectivity index (χ3n) is 5.64. The van der Waals surface area contributed by atoms with Crippen molar-refractivity contribution >= 4 is 29.0 Å². The second kappa shape index (κ2) is 9.43. The van der Waals surface area contributed by atoms with E-state index in [-0.39, 0.29) is 11.4 Å². The van der Waals surface area contributed by atoms with Gasteiger partial charge in [-0.05, 0) is 75.6 Å². The van der Waals surface area contributed by atoms with Gasteiger partial charge in [0.05, 0.1) is 11.3 Å². The van der Waals surface area contributed by atoms with Crippen molar-refractivity contribution < 1.29 is 4.79 Å². The van der Waals surface area contributed by atoms with E-state index in [2.05, 4.69) is 22.5 Å². The van der Waals surface area contributed by atoms with Crippen molar-refractivity contribution in [3.05, 3.63) is 41.1 Å². The second-order valence-electron chi connectivity index (χ2n) is 7.90. The number of hydrogen-bond donors (Lipinski definition) is 4. The fraction of sp³-hybridized carbons (Fsp3) is 0.524. The molecule has 2 aliphatic carbocycles. The molecule has 2 fully saturated rings. The molecule has 0 saturated heterocycles. The molecule has 0 unspecified atom stereocenters. The van der Waals surface area contributed by atoms with Crippen LogP contribution in [-0.4, -0.2) is 29.9 Å². The van der Waals surface area contributed by atoms with E-state index in [1.165, 1.54) is 12.8 Å². The smallest absolute Gasteiger partial charge is 0.253 e. The number of amides is 1. The average Bonchev–Trinajstić information content (AvgIpc) is 3.50. The Kier molecular flexibility index (Phi) is 6.97. The molecular formula is C21H30ClN5O. The van der Waals surface area contributed by atoms with Crippen LogP contribution in [0.2, 0.25) is 5.02 Å². The van der Waals surface area contributed by atoms with Gasteiger partial charge in [0.2, 0.25) is 0 Å². The molecule has 7 heteroatoms. The van der Waals surface area contributed by atoms with Gasteiger partial charge in [0.1, 0.15) is 5.84 Å². The highest BCUT2D eigenvalue weighted by atomic mass is 35.5. The minimum atomic E-state index is -0.601. The van der Waals surface area contributed by atoms with Gasteiger partial charge in [0.15, 0.2) is 0 Å². The second-order valence-corrected chi connectivity index (χ2v) is 8.34. The number of carbonyl (C=O) groups excluding carboxylic acids is 1. The number of amidine groups is 1. The summed E-state index contributed by atoms with van der Waals surface area (Å²) in [6, 6.07) is 8.43. The number of nitrogens with one attached hydrogen (secondary N) is 2. The Morgan fingerprint density at radius 1 is 1.11 bits per heavy atom. The summed E-state index contributed by atoms with van der Waals surface area (Å²) in [5.41, 5.74) is 12.3. The lowest BCUT2D eigenvalue weighted by atomic mass is 9.90. The van der Waals surface area contributed by atoms with E-state index in [1.807, 2.05) is 0 Å². The SMILES string of the molecule is C[C@H](NC1CCC(N/C=C(/C(N)=O)C(N)=Nc2ccc(Cl)cc2)CC1)C1CC1. The zero-order valence-electron chi connectivity index (χ0n) is 16.3.